The molecule has 0 radical (unpaired) electrons. The summed E-state index contributed by atoms with van der Waals surface area (Å²) in [6, 6.07) is 62.2. The van der Waals surface area contributed by atoms with E-state index in [0.29, 0.717) is 0 Å². The molecule has 0 fully saturated rings. The van der Waals surface area contributed by atoms with E-state index in [9.17, 15) is 0 Å². The predicted molar refractivity (Wildman–Crippen MR) is 188 cm³/mol. The summed E-state index contributed by atoms with van der Waals surface area (Å²) in [6.45, 7) is 0. The van der Waals surface area contributed by atoms with Gasteiger partial charge in [-0.15, -0.1) is 0 Å². The van der Waals surface area contributed by atoms with Crippen molar-refractivity contribution in [1.29, 1.82) is 0 Å². The maximum Gasteiger partial charge on any atom is -0.00139 e. The highest BCUT2D eigenvalue weighted by atomic mass is 14.3. The van der Waals surface area contributed by atoms with Gasteiger partial charge in [0.1, 0.15) is 0 Å². The van der Waals surface area contributed by atoms with Crippen molar-refractivity contribution in [2.24, 2.45) is 0 Å². The van der Waals surface area contributed by atoms with Gasteiger partial charge in [-0.25, -0.2) is 0 Å². The molecule has 0 bridgehead atoms. The van der Waals surface area contributed by atoms with Crippen LogP contribution < -0.4 is 0 Å². The van der Waals surface area contributed by atoms with Crippen LogP contribution in [0, 0.1) is 0 Å². The zero-order valence-electron chi connectivity index (χ0n) is 24.2. The van der Waals surface area contributed by atoms with Crippen LogP contribution in [0.15, 0.2) is 170 Å². The van der Waals surface area contributed by atoms with Crippen molar-refractivity contribution in [3.05, 3.63) is 170 Å². The third kappa shape index (κ3) is 3.92. The number of hydrogen-bond donors (Lipinski definition) is 0. The van der Waals surface area contributed by atoms with Crippen LogP contribution in [0.3, 0.4) is 0 Å². The van der Waals surface area contributed by atoms with E-state index >= 15 is 0 Å². The Bertz CT molecular complexity index is 2300. The Morgan fingerprint density at radius 1 is 0.205 bits per heavy atom. The van der Waals surface area contributed by atoms with Crippen LogP contribution in [0.4, 0.5) is 0 Å². The minimum absolute atomic E-state index is 1.23. The van der Waals surface area contributed by atoms with Crippen LogP contribution in [0.5, 0.6) is 0 Å². The third-order valence-corrected chi connectivity index (χ3v) is 9.23. The van der Waals surface area contributed by atoms with Gasteiger partial charge in [0, 0.05) is 0 Å². The summed E-state index contributed by atoms with van der Waals surface area (Å²) in [5, 5.41) is 5.22. The summed E-state index contributed by atoms with van der Waals surface area (Å²) in [6.07, 6.45) is 0. The van der Waals surface area contributed by atoms with E-state index in [1.807, 2.05) is 0 Å². The van der Waals surface area contributed by atoms with Crippen LogP contribution in [0.2, 0.25) is 0 Å². The van der Waals surface area contributed by atoms with E-state index in [0.717, 1.165) is 0 Å². The molecule has 0 heterocycles. The lowest BCUT2D eigenvalue weighted by atomic mass is 9.88. The molecule has 1 aliphatic carbocycles. The van der Waals surface area contributed by atoms with E-state index in [4.69, 9.17) is 0 Å². The Balaban J connectivity index is 1.17. The van der Waals surface area contributed by atoms with Gasteiger partial charge in [-0.05, 0) is 100 Å². The van der Waals surface area contributed by atoms with Gasteiger partial charge in [0.2, 0.25) is 0 Å². The van der Waals surface area contributed by atoms with Crippen molar-refractivity contribution in [2.45, 2.75) is 0 Å². The van der Waals surface area contributed by atoms with Gasteiger partial charge >= 0.3 is 0 Å². The molecule has 8 aromatic carbocycles. The molecule has 0 aromatic heterocycles. The summed E-state index contributed by atoms with van der Waals surface area (Å²) in [5.41, 5.74) is 15.3. The molecule has 44 heavy (non-hydrogen) atoms. The fraction of sp³-hybridized carbons (Fsp3) is 0. The molecule has 0 saturated carbocycles. The fourth-order valence-corrected chi connectivity index (χ4v) is 7.07. The average molecular weight is 557 g/mol. The molecular formula is C44H28. The highest BCUT2D eigenvalue weighted by molar-refractivity contribution is 6.22. The topological polar surface area (TPSA) is 0 Å². The first-order valence-electron chi connectivity index (χ1n) is 15.3. The smallest absolute Gasteiger partial charge is 0.00139 e. The number of benzene rings is 8. The number of hydrogen-bond acceptors (Lipinski definition) is 0. The molecule has 0 heteroatoms. The van der Waals surface area contributed by atoms with Gasteiger partial charge in [-0.2, -0.15) is 0 Å². The minimum atomic E-state index is 1.23. The quantitative estimate of drug-likeness (QED) is 0.202. The van der Waals surface area contributed by atoms with Gasteiger partial charge in [0.25, 0.3) is 0 Å². The number of fused-ring (bicyclic) bond motifs is 4. The van der Waals surface area contributed by atoms with Gasteiger partial charge in [0.05, 0.1) is 0 Å². The fourth-order valence-electron chi connectivity index (χ4n) is 7.07. The lowest BCUT2D eigenvalue weighted by Gasteiger charge is -2.15. The summed E-state index contributed by atoms with van der Waals surface area (Å²) < 4.78 is 0. The molecule has 0 unspecified atom stereocenters. The second-order valence-electron chi connectivity index (χ2n) is 11.7. The SMILES string of the molecule is c1ccc(-c2ccc3c4c(ccc(-c5ccccc5)c24)-c2cc(-c4ccc(-c5ccc6ccccc6c5)cc4)ccc2-3)cc1. The molecule has 0 N–H and O–H groups in total. The van der Waals surface area contributed by atoms with Gasteiger partial charge in [0.15, 0.2) is 0 Å². The Hall–Kier alpha value is -5.72. The van der Waals surface area contributed by atoms with Crippen molar-refractivity contribution in [3.63, 3.8) is 0 Å². The van der Waals surface area contributed by atoms with Crippen molar-refractivity contribution >= 4 is 21.5 Å². The molecule has 9 rings (SSSR count). The molecule has 0 atom stereocenters. The standard InChI is InChI=1S/C44H28/c1-3-10-32(11-4-1)37-23-25-40-39-22-21-36(28-42(39)41-26-24-38(43(37)44(40)41)33-12-5-2-6-13-33)31-17-15-30(16-18-31)35-20-19-29-9-7-8-14-34(29)27-35/h1-28H. The summed E-state index contributed by atoms with van der Waals surface area (Å²) in [5.74, 6) is 0. The maximum atomic E-state index is 2.39. The Morgan fingerprint density at radius 3 is 1.27 bits per heavy atom. The van der Waals surface area contributed by atoms with E-state index in [1.54, 1.807) is 0 Å². The first-order chi connectivity index (χ1) is 21.8. The lowest BCUT2D eigenvalue weighted by Crippen LogP contribution is -1.88. The minimum Gasteiger partial charge on any atom is -0.0622 e. The maximum absolute atomic E-state index is 2.39. The van der Waals surface area contributed by atoms with Crippen LogP contribution >= 0.6 is 0 Å². The summed E-state index contributed by atoms with van der Waals surface area (Å²) >= 11 is 0. The van der Waals surface area contributed by atoms with E-state index in [1.165, 1.54) is 88.3 Å². The second-order valence-corrected chi connectivity index (χ2v) is 11.7. The normalized spacial score (nSPS) is 11.6. The van der Waals surface area contributed by atoms with Gasteiger partial charge < -0.3 is 0 Å². The molecule has 0 spiro atoms. The molecule has 0 nitrogen and oxygen atoms in total. The molecule has 0 aliphatic heterocycles. The molecule has 8 aromatic rings. The van der Waals surface area contributed by atoms with Crippen molar-refractivity contribution in [3.8, 4) is 66.8 Å². The molecule has 204 valence electrons. The van der Waals surface area contributed by atoms with E-state index in [2.05, 4.69) is 170 Å². The van der Waals surface area contributed by atoms with Crippen molar-refractivity contribution in [1.82, 2.24) is 0 Å². The highest BCUT2D eigenvalue weighted by Crippen LogP contribution is 2.52. The van der Waals surface area contributed by atoms with Crippen LogP contribution in [-0.2, 0) is 0 Å². The predicted octanol–water partition coefficient (Wildman–Crippen LogP) is 12.3. The first-order valence-corrected chi connectivity index (χ1v) is 15.3. The Morgan fingerprint density at radius 2 is 0.636 bits per heavy atom. The van der Waals surface area contributed by atoms with Gasteiger partial charge in [-0.3, -0.25) is 0 Å². The zero-order chi connectivity index (χ0) is 29.0. The first kappa shape index (κ1) is 24.8. The van der Waals surface area contributed by atoms with E-state index < -0.39 is 0 Å². The largest absolute Gasteiger partial charge is 0.0622 e. The monoisotopic (exact) mass is 556 g/mol. The number of rotatable bonds is 4. The highest BCUT2D eigenvalue weighted by Gasteiger charge is 2.25. The zero-order valence-corrected chi connectivity index (χ0v) is 24.2. The molecule has 0 saturated heterocycles. The molecule has 0 amide bonds. The van der Waals surface area contributed by atoms with Crippen LogP contribution in [0.25, 0.3) is 88.3 Å². The van der Waals surface area contributed by atoms with Crippen LogP contribution in [-0.4, -0.2) is 0 Å². The summed E-state index contributed by atoms with van der Waals surface area (Å²) in [4.78, 5) is 0. The summed E-state index contributed by atoms with van der Waals surface area (Å²) in [7, 11) is 0. The molecule has 1 aliphatic rings. The Kier molecular flexibility index (Phi) is 5.61. The van der Waals surface area contributed by atoms with Crippen molar-refractivity contribution in [2.75, 3.05) is 0 Å². The van der Waals surface area contributed by atoms with Gasteiger partial charge in [-0.1, -0.05) is 158 Å². The second kappa shape index (κ2) is 9.93. The van der Waals surface area contributed by atoms with Crippen molar-refractivity contribution < 1.29 is 0 Å². The van der Waals surface area contributed by atoms with Crippen LogP contribution in [0.1, 0.15) is 0 Å². The van der Waals surface area contributed by atoms with E-state index in [-0.39, 0.29) is 0 Å². The average Bonchev–Trinajstić information content (AvgIpc) is 3.43. The third-order valence-electron chi connectivity index (χ3n) is 9.23. The molecular weight excluding hydrogens is 528 g/mol. The lowest BCUT2D eigenvalue weighted by molar-refractivity contribution is 1.60. The Labute approximate surface area is 257 Å².